The minimum Gasteiger partial charge on any atom is -0.453 e. The number of methoxy groups -OCH3 is 1. The second-order valence-electron chi connectivity index (χ2n) is 9.40. The molecule has 35 heavy (non-hydrogen) atoms. The van der Waals surface area contributed by atoms with Gasteiger partial charge in [0.1, 0.15) is 11.9 Å². The predicted octanol–water partition coefficient (Wildman–Crippen LogP) is 5.53. The minimum atomic E-state index is -0.872. The number of alkyl carbamates (subject to hydrolysis) is 1. The molecule has 2 aliphatic rings. The Kier molecular flexibility index (Phi) is 7.34. The van der Waals surface area contributed by atoms with Crippen LogP contribution in [-0.2, 0) is 9.53 Å². The number of ether oxygens (including phenoxy) is 1. The molecule has 7 heteroatoms. The monoisotopic (exact) mass is 477 g/mol. The van der Waals surface area contributed by atoms with Crippen molar-refractivity contribution >= 4 is 17.7 Å². The molecule has 1 saturated heterocycles. The molecule has 6 nitrogen and oxygen atoms in total. The zero-order chi connectivity index (χ0) is 25.1. The molecular formula is C28H32FN3O3. The lowest BCUT2D eigenvalue weighted by Gasteiger charge is -2.32. The third-order valence-electron chi connectivity index (χ3n) is 7.07. The van der Waals surface area contributed by atoms with E-state index in [0.29, 0.717) is 17.7 Å². The first-order valence-corrected chi connectivity index (χ1v) is 12.1. The number of aryl methyl sites for hydroxylation is 1. The first-order chi connectivity index (χ1) is 16.8. The minimum absolute atomic E-state index is 0.140. The van der Waals surface area contributed by atoms with Crippen LogP contribution < -0.4 is 5.32 Å². The predicted molar refractivity (Wildman–Crippen MR) is 133 cm³/mol. The second-order valence-corrected chi connectivity index (χ2v) is 9.40. The summed E-state index contributed by atoms with van der Waals surface area (Å²) in [6, 6.07) is 13.5. The molecule has 2 aromatic carbocycles. The Morgan fingerprint density at radius 2 is 1.91 bits per heavy atom. The molecule has 0 aromatic heterocycles. The number of carbonyl (C=O) groups excluding carboxylic acids is 2. The van der Waals surface area contributed by atoms with E-state index in [1.54, 1.807) is 24.0 Å². The highest BCUT2D eigenvalue weighted by atomic mass is 19.1. The summed E-state index contributed by atoms with van der Waals surface area (Å²) in [6.45, 7) is 6.59. The first kappa shape index (κ1) is 24.6. The van der Waals surface area contributed by atoms with Gasteiger partial charge in [-0.05, 0) is 54.9 Å². The molecule has 0 saturated carbocycles. The third-order valence-corrected chi connectivity index (χ3v) is 7.07. The highest BCUT2D eigenvalue weighted by molar-refractivity contribution is 6.02. The van der Waals surface area contributed by atoms with Gasteiger partial charge in [-0.15, -0.1) is 0 Å². The van der Waals surface area contributed by atoms with Crippen molar-refractivity contribution in [1.82, 2.24) is 10.2 Å². The number of nitrogens with one attached hydrogen (secondary N) is 1. The Morgan fingerprint density at radius 3 is 2.60 bits per heavy atom. The highest BCUT2D eigenvalue weighted by Crippen LogP contribution is 2.38. The van der Waals surface area contributed by atoms with Crippen molar-refractivity contribution in [3.8, 4) is 0 Å². The van der Waals surface area contributed by atoms with Gasteiger partial charge in [-0.1, -0.05) is 56.3 Å². The largest absolute Gasteiger partial charge is 0.453 e. The topological polar surface area (TPSA) is 71.0 Å². The summed E-state index contributed by atoms with van der Waals surface area (Å²) in [4.78, 5) is 32.6. The van der Waals surface area contributed by atoms with Crippen molar-refractivity contribution in [2.24, 2.45) is 16.8 Å². The fraction of sp³-hybridized carbons (Fsp3) is 0.393. The van der Waals surface area contributed by atoms with Gasteiger partial charge in [0.15, 0.2) is 0 Å². The zero-order valence-corrected chi connectivity index (χ0v) is 20.7. The molecule has 2 aliphatic heterocycles. The van der Waals surface area contributed by atoms with Crippen LogP contribution in [0, 0.1) is 24.6 Å². The molecule has 0 spiro atoms. The van der Waals surface area contributed by atoms with Crippen LogP contribution in [0.5, 0.6) is 0 Å². The average molecular weight is 478 g/mol. The molecule has 2 heterocycles. The Morgan fingerprint density at radius 1 is 1.17 bits per heavy atom. The lowest BCUT2D eigenvalue weighted by Crippen LogP contribution is -2.41. The van der Waals surface area contributed by atoms with Gasteiger partial charge < -0.3 is 15.0 Å². The quantitative estimate of drug-likeness (QED) is 0.629. The van der Waals surface area contributed by atoms with Crippen molar-refractivity contribution in [1.29, 1.82) is 0 Å². The van der Waals surface area contributed by atoms with E-state index in [1.807, 2.05) is 36.4 Å². The van der Waals surface area contributed by atoms with E-state index >= 15 is 0 Å². The van der Waals surface area contributed by atoms with E-state index in [0.717, 1.165) is 41.9 Å². The number of amides is 2. The van der Waals surface area contributed by atoms with E-state index in [1.165, 1.54) is 7.11 Å². The molecule has 1 N–H and O–H groups in total. The maximum absolute atomic E-state index is 14.3. The van der Waals surface area contributed by atoms with E-state index in [2.05, 4.69) is 19.2 Å². The van der Waals surface area contributed by atoms with Gasteiger partial charge >= 0.3 is 6.09 Å². The molecule has 0 radical (unpaired) electrons. The van der Waals surface area contributed by atoms with Crippen molar-refractivity contribution < 1.29 is 18.7 Å². The van der Waals surface area contributed by atoms with Crippen molar-refractivity contribution in [2.75, 3.05) is 13.7 Å². The van der Waals surface area contributed by atoms with E-state index in [-0.39, 0.29) is 23.6 Å². The van der Waals surface area contributed by atoms with Crippen LogP contribution in [0.1, 0.15) is 55.8 Å². The molecular weight excluding hydrogens is 445 g/mol. The first-order valence-electron chi connectivity index (χ1n) is 12.1. The summed E-state index contributed by atoms with van der Waals surface area (Å²) in [5.74, 6) is -0.0423. The summed E-state index contributed by atoms with van der Waals surface area (Å²) in [5, 5.41) is 2.70. The number of hydrogen-bond acceptors (Lipinski definition) is 4. The number of benzene rings is 2. The van der Waals surface area contributed by atoms with Crippen LogP contribution in [0.3, 0.4) is 0 Å². The smallest absolute Gasteiger partial charge is 0.407 e. The summed E-state index contributed by atoms with van der Waals surface area (Å²) in [5.41, 5.74) is 4.65. The van der Waals surface area contributed by atoms with Crippen molar-refractivity contribution in [3.63, 3.8) is 0 Å². The lowest BCUT2D eigenvalue weighted by atomic mass is 9.83. The number of allylic oxidation sites excluding steroid dienone is 2. The van der Waals surface area contributed by atoms with E-state index in [4.69, 9.17) is 9.73 Å². The fourth-order valence-electron chi connectivity index (χ4n) is 4.78. The van der Waals surface area contributed by atoms with Crippen LogP contribution in [0.2, 0.25) is 0 Å². The van der Waals surface area contributed by atoms with Crippen LogP contribution in [-0.4, -0.2) is 36.3 Å². The number of likely N-dealkylation sites (tertiary alicyclic amines) is 1. The number of carbonyl (C=O) groups is 2. The number of aliphatic imine (C=N–C) groups is 1. The molecule has 4 rings (SSSR count). The van der Waals surface area contributed by atoms with Gasteiger partial charge in [-0.25, -0.2) is 9.18 Å². The summed E-state index contributed by atoms with van der Waals surface area (Å²) >= 11 is 0. The second kappa shape index (κ2) is 10.4. The van der Waals surface area contributed by atoms with Crippen LogP contribution in [0.4, 0.5) is 9.18 Å². The molecule has 0 bridgehead atoms. The molecule has 3 unspecified atom stereocenters. The van der Waals surface area contributed by atoms with Crippen LogP contribution in [0.15, 0.2) is 64.9 Å². The molecule has 2 amide bonds. The Bertz CT molecular complexity index is 1180. The normalized spacial score (nSPS) is 23.0. The fourth-order valence-corrected chi connectivity index (χ4v) is 4.78. The number of hydrogen-bond donors (Lipinski definition) is 1. The number of nitrogens with zero attached hydrogens (tertiary/aromatic N) is 2. The van der Waals surface area contributed by atoms with Gasteiger partial charge in [-0.3, -0.25) is 9.79 Å². The molecule has 0 aliphatic carbocycles. The van der Waals surface area contributed by atoms with Crippen LogP contribution >= 0.6 is 0 Å². The van der Waals surface area contributed by atoms with E-state index < -0.39 is 12.1 Å². The summed E-state index contributed by atoms with van der Waals surface area (Å²) < 4.78 is 19.1. The summed E-state index contributed by atoms with van der Waals surface area (Å²) in [6.07, 6.45) is 1.61. The Hall–Kier alpha value is -3.48. The lowest BCUT2D eigenvalue weighted by molar-refractivity contribution is -0.131. The highest BCUT2D eigenvalue weighted by Gasteiger charge is 2.36. The summed E-state index contributed by atoms with van der Waals surface area (Å²) in [7, 11) is 1.28. The standard InChI is InChI=1S/C28H32FN3O3/c1-17-12-13-21(16-22(17)29)23-15-18(2)19(3)25(30-23)24-11-8-14-32(24)27(33)26(31-28(34)35-4)20-9-6-5-7-10-20/h5-7,9-10,12-13,16,18-19,26H,8,11,14-15H2,1-4H3,(H,31,34)/b25-24-. The van der Waals surface area contributed by atoms with Gasteiger partial charge in [0.05, 0.1) is 12.8 Å². The Balaban J connectivity index is 1.74. The Labute approximate surface area is 205 Å². The van der Waals surface area contributed by atoms with Gasteiger partial charge in [0, 0.05) is 23.9 Å². The maximum atomic E-state index is 14.3. The molecule has 3 atom stereocenters. The molecule has 2 aromatic rings. The molecule has 1 fully saturated rings. The third kappa shape index (κ3) is 5.14. The molecule has 184 valence electrons. The SMILES string of the molecule is COC(=O)NC(C(=O)N1CCC/C1=C1/N=C(c2ccc(C)c(F)c2)CC(C)C1C)c1ccccc1. The average Bonchev–Trinajstić information content (AvgIpc) is 3.35. The van der Waals surface area contributed by atoms with Gasteiger partial charge in [0.25, 0.3) is 5.91 Å². The van der Waals surface area contributed by atoms with E-state index in [9.17, 15) is 14.0 Å². The van der Waals surface area contributed by atoms with Crippen molar-refractivity contribution in [2.45, 2.75) is 46.1 Å². The van der Waals surface area contributed by atoms with Gasteiger partial charge in [-0.2, -0.15) is 0 Å². The number of rotatable bonds is 4. The van der Waals surface area contributed by atoms with Crippen LogP contribution in [0.25, 0.3) is 0 Å². The zero-order valence-electron chi connectivity index (χ0n) is 20.7. The maximum Gasteiger partial charge on any atom is 0.407 e. The van der Waals surface area contributed by atoms with Gasteiger partial charge in [0.2, 0.25) is 0 Å². The van der Waals surface area contributed by atoms with Crippen molar-refractivity contribution in [3.05, 3.63) is 82.4 Å². The number of halogens is 1.